The molecule has 0 amide bonds. The molecule has 0 atom stereocenters. The molecule has 6 nitrogen and oxygen atoms in total. The summed E-state index contributed by atoms with van der Waals surface area (Å²) in [6, 6.07) is 35.1. The fourth-order valence-corrected chi connectivity index (χ4v) is 11.0. The van der Waals surface area contributed by atoms with Crippen LogP contribution in [-0.4, -0.2) is 49.9 Å². The maximum absolute atomic E-state index is 9.03. The molecule has 0 unspecified atom stereocenters. The van der Waals surface area contributed by atoms with E-state index >= 15 is 0 Å². The third-order valence-electron chi connectivity index (χ3n) is 16.0. The number of benzene rings is 4. The highest BCUT2D eigenvalue weighted by Gasteiger charge is 2.18. The van der Waals surface area contributed by atoms with Crippen LogP contribution in [0.3, 0.4) is 0 Å². The largest absolute Gasteiger partial charge is 0.494 e. The molecule has 6 heteroatoms. The van der Waals surface area contributed by atoms with E-state index in [0.717, 1.165) is 134 Å². The molecule has 0 bridgehead atoms. The fraction of sp³-hybridized carbons (Fsp3) is 0.649. The van der Waals surface area contributed by atoms with E-state index in [9.17, 15) is 0 Å². The molecule has 0 aliphatic rings. The lowest BCUT2D eigenvalue weighted by atomic mass is 9.85. The Morgan fingerprint density at radius 3 is 0.562 bits per heavy atom. The monoisotopic (exact) mass is 1100 g/mol. The molecule has 0 saturated carbocycles. The van der Waals surface area contributed by atoms with E-state index in [2.05, 4.69) is 111 Å². The van der Waals surface area contributed by atoms with Crippen LogP contribution in [0.15, 0.2) is 97.1 Å². The average molecular weight is 1100 g/mol. The highest BCUT2D eigenvalue weighted by atomic mass is 16.5. The van der Waals surface area contributed by atoms with Gasteiger partial charge in [0.2, 0.25) is 0 Å². The molecule has 0 radical (unpaired) electrons. The normalized spacial score (nSPS) is 11.3. The second kappa shape index (κ2) is 48.3. The number of unbranched alkanes of at least 4 members (excludes halogenated alkanes) is 36. The van der Waals surface area contributed by atoms with Crippen molar-refractivity contribution in [3.8, 4) is 23.0 Å². The van der Waals surface area contributed by atoms with Crippen molar-refractivity contribution < 1.29 is 29.2 Å². The summed E-state index contributed by atoms with van der Waals surface area (Å²) in [6.07, 6.45) is 50.3. The molecule has 4 rings (SSSR count). The van der Waals surface area contributed by atoms with E-state index in [1.807, 2.05) is 0 Å². The van der Waals surface area contributed by atoms with Gasteiger partial charge >= 0.3 is 0 Å². The third-order valence-corrected chi connectivity index (χ3v) is 16.0. The number of aliphatic hydroxyl groups is 2. The van der Waals surface area contributed by atoms with E-state index in [0.29, 0.717) is 13.2 Å². The summed E-state index contributed by atoms with van der Waals surface area (Å²) in [5.74, 6) is 3.64. The number of ether oxygens (including phenoxy) is 4. The first-order chi connectivity index (χ1) is 39.7. The van der Waals surface area contributed by atoms with Crippen LogP contribution >= 0.6 is 0 Å². The van der Waals surface area contributed by atoms with Crippen molar-refractivity contribution >= 4 is 11.1 Å². The van der Waals surface area contributed by atoms with Gasteiger partial charge in [0.1, 0.15) is 23.0 Å². The molecule has 4 aromatic carbocycles. The summed E-state index contributed by atoms with van der Waals surface area (Å²) in [4.78, 5) is 0. The smallest absolute Gasteiger partial charge is 0.119 e. The van der Waals surface area contributed by atoms with Gasteiger partial charge in [-0.25, -0.2) is 0 Å². The maximum atomic E-state index is 9.03. The van der Waals surface area contributed by atoms with Crippen LogP contribution in [0.2, 0.25) is 0 Å². The first-order valence-corrected chi connectivity index (χ1v) is 33.6. The van der Waals surface area contributed by atoms with Crippen molar-refractivity contribution in [3.63, 3.8) is 0 Å². The molecule has 2 N–H and O–H groups in total. The molecule has 0 heterocycles. The zero-order valence-electron chi connectivity index (χ0n) is 51.3. The van der Waals surface area contributed by atoms with Crippen molar-refractivity contribution in [3.05, 3.63) is 119 Å². The Balaban J connectivity index is 1.50. The topological polar surface area (TPSA) is 77.4 Å². The van der Waals surface area contributed by atoms with Crippen LogP contribution in [0, 0.1) is 0 Å². The molecule has 0 fully saturated rings. The third kappa shape index (κ3) is 32.4. The van der Waals surface area contributed by atoms with Gasteiger partial charge in [-0.3, -0.25) is 0 Å². The van der Waals surface area contributed by atoms with Gasteiger partial charge in [0.05, 0.1) is 26.4 Å². The number of aliphatic hydroxyl groups excluding tert-OH is 2. The molecule has 80 heavy (non-hydrogen) atoms. The Bertz CT molecular complexity index is 1880. The van der Waals surface area contributed by atoms with Gasteiger partial charge in [0.25, 0.3) is 0 Å². The predicted molar refractivity (Wildman–Crippen MR) is 343 cm³/mol. The maximum Gasteiger partial charge on any atom is 0.119 e. The molecule has 0 aromatic heterocycles. The average Bonchev–Trinajstić information content (AvgIpc) is 3.52. The second-order valence-electron chi connectivity index (χ2n) is 23.1. The minimum Gasteiger partial charge on any atom is -0.494 e. The van der Waals surface area contributed by atoms with E-state index in [1.165, 1.54) is 205 Å². The van der Waals surface area contributed by atoms with E-state index in [1.54, 1.807) is 0 Å². The lowest BCUT2D eigenvalue weighted by Crippen LogP contribution is -2.01. The fourth-order valence-electron chi connectivity index (χ4n) is 11.0. The zero-order valence-corrected chi connectivity index (χ0v) is 51.3. The number of rotatable bonds is 54. The van der Waals surface area contributed by atoms with Gasteiger partial charge in [-0.1, -0.05) is 281 Å². The van der Waals surface area contributed by atoms with Crippen LogP contribution in [0.1, 0.15) is 293 Å². The van der Waals surface area contributed by atoms with Gasteiger partial charge in [-0.05, 0) is 120 Å². The van der Waals surface area contributed by atoms with Gasteiger partial charge in [0, 0.05) is 13.2 Å². The van der Waals surface area contributed by atoms with Gasteiger partial charge < -0.3 is 29.2 Å². The molecule has 0 aliphatic heterocycles. The summed E-state index contributed by atoms with van der Waals surface area (Å²) in [5.41, 5.74) is 6.84. The Morgan fingerprint density at radius 1 is 0.225 bits per heavy atom. The van der Waals surface area contributed by atoms with Crippen LogP contribution < -0.4 is 18.9 Å². The molecule has 4 aromatic rings. The Morgan fingerprint density at radius 2 is 0.388 bits per heavy atom. The zero-order chi connectivity index (χ0) is 56.4. The Labute approximate surface area is 490 Å². The summed E-state index contributed by atoms with van der Waals surface area (Å²) < 4.78 is 25.5. The highest BCUT2D eigenvalue weighted by molar-refractivity contribution is 6.04. The first kappa shape index (κ1) is 68.2. The van der Waals surface area contributed by atoms with Crippen LogP contribution in [0.4, 0.5) is 0 Å². The highest BCUT2D eigenvalue weighted by Crippen LogP contribution is 2.39. The quantitative estimate of drug-likeness (QED) is 0.0339. The van der Waals surface area contributed by atoms with E-state index in [-0.39, 0.29) is 0 Å². The van der Waals surface area contributed by atoms with Crippen molar-refractivity contribution in [2.45, 2.75) is 271 Å². The van der Waals surface area contributed by atoms with Crippen molar-refractivity contribution in [2.24, 2.45) is 0 Å². The molecular formula is C74H116O6. The summed E-state index contributed by atoms with van der Waals surface area (Å²) in [7, 11) is 0. The van der Waals surface area contributed by atoms with Gasteiger partial charge in [-0.2, -0.15) is 0 Å². The van der Waals surface area contributed by atoms with Crippen LogP contribution in [-0.2, 0) is 0 Å². The van der Waals surface area contributed by atoms with Crippen LogP contribution in [0.25, 0.3) is 11.1 Å². The molecule has 0 spiro atoms. The van der Waals surface area contributed by atoms with Gasteiger partial charge in [0.15, 0.2) is 0 Å². The van der Waals surface area contributed by atoms with E-state index < -0.39 is 0 Å². The SMILES string of the molecule is CCCCCCCCCCCCOc1ccc(C(=C(c2ccc(OCCCCCCCCCCCCO)cc2)c2ccc(OCCCCCCCCCCCCO)cc2)c2ccc(OCCCCCCCCCCCC)cc2)cc1. The first-order valence-electron chi connectivity index (χ1n) is 33.6. The molecule has 448 valence electrons. The molecule has 0 aliphatic carbocycles. The Hall–Kier alpha value is -4.26. The summed E-state index contributed by atoms with van der Waals surface area (Å²) in [6.45, 7) is 8.16. The number of hydrogen-bond acceptors (Lipinski definition) is 6. The van der Waals surface area contributed by atoms with Gasteiger partial charge in [-0.15, -0.1) is 0 Å². The second-order valence-corrected chi connectivity index (χ2v) is 23.1. The predicted octanol–water partition coefficient (Wildman–Crippen LogP) is 21.8. The van der Waals surface area contributed by atoms with Crippen molar-refractivity contribution in [1.82, 2.24) is 0 Å². The van der Waals surface area contributed by atoms with Crippen molar-refractivity contribution in [1.29, 1.82) is 0 Å². The minimum absolute atomic E-state index is 0.322. The minimum atomic E-state index is 0.322. The van der Waals surface area contributed by atoms with E-state index in [4.69, 9.17) is 29.2 Å². The summed E-state index contributed by atoms with van der Waals surface area (Å²) in [5, 5.41) is 18.1. The molecule has 0 saturated heterocycles. The lowest BCUT2D eigenvalue weighted by molar-refractivity contribution is 0.282. The van der Waals surface area contributed by atoms with Crippen molar-refractivity contribution in [2.75, 3.05) is 39.6 Å². The molecular weight excluding hydrogens is 985 g/mol. The van der Waals surface area contributed by atoms with Crippen LogP contribution in [0.5, 0.6) is 23.0 Å². The Kier molecular flexibility index (Phi) is 41.2. The standard InChI is InChI=1S/C74H116O6/c1-3-5-7-9-11-13-21-27-33-39-61-77-69-51-43-65(44-52-69)73(66-45-53-70(54-46-66)78-62-40-34-28-22-14-12-10-8-6-4-2)74(67-47-55-71(56-48-67)79-63-41-35-29-23-17-15-19-25-31-37-59-75)68-49-57-72(58-50-68)80-64-42-36-30-24-18-16-20-26-32-38-60-76/h43-58,75-76H,3-42,59-64H2,1-2H3. The number of hydrogen-bond donors (Lipinski definition) is 2. The summed E-state index contributed by atoms with van der Waals surface area (Å²) >= 11 is 0. The lowest BCUT2D eigenvalue weighted by Gasteiger charge is -2.19.